The molecule has 5 rings (SSSR count). The van der Waals surface area contributed by atoms with Crippen molar-refractivity contribution in [1.29, 1.82) is 0 Å². The minimum absolute atomic E-state index is 0.0111. The molecular weight excluding hydrogens is 421 g/mol. The second-order valence-corrected chi connectivity index (χ2v) is 9.32. The van der Waals surface area contributed by atoms with Crippen LogP contribution in [0.1, 0.15) is 30.1 Å². The summed E-state index contributed by atoms with van der Waals surface area (Å²) in [5, 5.41) is 7.04. The van der Waals surface area contributed by atoms with Crippen LogP contribution in [-0.2, 0) is 16.4 Å². The third-order valence-corrected chi connectivity index (χ3v) is 5.87. The van der Waals surface area contributed by atoms with Crippen molar-refractivity contribution in [2.24, 2.45) is 0 Å². The summed E-state index contributed by atoms with van der Waals surface area (Å²) in [6.07, 6.45) is 4.80. The Hall–Kier alpha value is -2.79. The normalized spacial score (nSPS) is 14.7. The van der Waals surface area contributed by atoms with Gasteiger partial charge in [-0.1, -0.05) is 11.6 Å². The van der Waals surface area contributed by atoms with Crippen molar-refractivity contribution in [1.82, 2.24) is 29.5 Å². The number of hydrogen-bond acceptors (Lipinski definition) is 7. The first-order chi connectivity index (χ1) is 13.8. The maximum absolute atomic E-state index is 14.1. The molecule has 0 spiro atoms. The first-order valence-corrected chi connectivity index (χ1v) is 11.1. The average molecular weight is 436 g/mol. The number of anilines is 1. The molecular formula is C17H15ClFN7O2S. The van der Waals surface area contributed by atoms with E-state index in [-0.39, 0.29) is 28.2 Å². The van der Waals surface area contributed by atoms with Crippen LogP contribution in [0.5, 0.6) is 0 Å². The van der Waals surface area contributed by atoms with Gasteiger partial charge in [0.05, 0.1) is 23.3 Å². The Morgan fingerprint density at radius 2 is 2.10 bits per heavy atom. The maximum Gasteiger partial charge on any atom is 0.252 e. The molecule has 0 atom stereocenters. The summed E-state index contributed by atoms with van der Waals surface area (Å²) in [6.45, 7) is 0.139. The van der Waals surface area contributed by atoms with Crippen molar-refractivity contribution in [3.8, 4) is 0 Å². The number of hydrogen-bond donors (Lipinski definition) is 2. The van der Waals surface area contributed by atoms with Crippen LogP contribution in [0.2, 0.25) is 5.02 Å². The molecule has 1 saturated carbocycles. The molecule has 9 nitrogen and oxygen atoms in total. The molecule has 0 radical (unpaired) electrons. The van der Waals surface area contributed by atoms with E-state index in [0.29, 0.717) is 22.9 Å². The zero-order valence-electron chi connectivity index (χ0n) is 15.1. The molecule has 0 bridgehead atoms. The van der Waals surface area contributed by atoms with Crippen LogP contribution >= 0.6 is 11.6 Å². The van der Waals surface area contributed by atoms with Crippen LogP contribution in [-0.4, -0.2) is 44.2 Å². The van der Waals surface area contributed by atoms with Gasteiger partial charge in [0.25, 0.3) is 5.16 Å². The Morgan fingerprint density at radius 1 is 1.31 bits per heavy atom. The number of fused-ring (bicyclic) bond motifs is 2. The number of aromatic amines is 1. The fourth-order valence-electron chi connectivity index (χ4n) is 3.15. The number of imidazole rings is 1. The number of nitrogens with one attached hydrogen (secondary N) is 2. The van der Waals surface area contributed by atoms with Crippen LogP contribution in [0.15, 0.2) is 23.5 Å². The van der Waals surface area contributed by atoms with E-state index in [1.54, 1.807) is 12.3 Å². The largest absolute Gasteiger partial charge is 0.347 e. The Balaban J connectivity index is 1.54. The molecule has 0 saturated heterocycles. The van der Waals surface area contributed by atoms with E-state index in [0.717, 1.165) is 24.7 Å². The van der Waals surface area contributed by atoms with Gasteiger partial charge >= 0.3 is 0 Å². The lowest BCUT2D eigenvalue weighted by atomic mass is 10.2. The van der Waals surface area contributed by atoms with Gasteiger partial charge in [-0.25, -0.2) is 17.8 Å². The first-order valence-electron chi connectivity index (χ1n) is 8.83. The van der Waals surface area contributed by atoms with Crippen molar-refractivity contribution in [3.05, 3.63) is 40.6 Å². The van der Waals surface area contributed by atoms with E-state index < -0.39 is 15.7 Å². The molecule has 2 N–H and O–H groups in total. The zero-order chi connectivity index (χ0) is 20.3. The molecule has 150 valence electrons. The van der Waals surface area contributed by atoms with Gasteiger partial charge < -0.3 is 10.3 Å². The summed E-state index contributed by atoms with van der Waals surface area (Å²) in [6, 6.07) is 3.08. The van der Waals surface area contributed by atoms with Crippen molar-refractivity contribution >= 4 is 44.1 Å². The van der Waals surface area contributed by atoms with E-state index in [9.17, 15) is 12.8 Å². The summed E-state index contributed by atoms with van der Waals surface area (Å²) in [4.78, 5) is 15.5. The standard InChI is InChI=1S/C17H15ClFN7O2S/c1-29(27,28)17-24-15-9(8-2-3-8)6-21-26(15)16(25-17)20-7-12-22-11-5-4-10(18)13(19)14(11)23-12/h4-6,8H,2-3,7H2,1H3,(H,22,23)(H,20,24,25). The van der Waals surface area contributed by atoms with E-state index in [2.05, 4.69) is 30.4 Å². The van der Waals surface area contributed by atoms with Crippen LogP contribution in [0, 0.1) is 5.82 Å². The molecule has 12 heteroatoms. The SMILES string of the molecule is CS(=O)(=O)c1nc(NCc2nc3c(F)c(Cl)ccc3[nH]2)n2ncc(C3CC3)c2n1. The van der Waals surface area contributed by atoms with Gasteiger partial charge in [0.2, 0.25) is 15.8 Å². The molecule has 0 unspecified atom stereocenters. The number of sulfone groups is 1. The molecule has 0 aliphatic heterocycles. The van der Waals surface area contributed by atoms with Gasteiger partial charge in [-0.15, -0.1) is 0 Å². The highest BCUT2D eigenvalue weighted by Gasteiger charge is 2.29. The van der Waals surface area contributed by atoms with Crippen molar-refractivity contribution in [3.63, 3.8) is 0 Å². The monoisotopic (exact) mass is 435 g/mol. The maximum atomic E-state index is 14.1. The molecule has 1 aromatic carbocycles. The molecule has 3 aromatic heterocycles. The van der Waals surface area contributed by atoms with E-state index in [4.69, 9.17) is 11.6 Å². The van der Waals surface area contributed by atoms with Gasteiger partial charge in [0.1, 0.15) is 11.3 Å². The number of halogens is 2. The quantitative estimate of drug-likeness (QED) is 0.494. The third-order valence-electron chi connectivity index (χ3n) is 4.73. The lowest BCUT2D eigenvalue weighted by Gasteiger charge is -2.08. The third kappa shape index (κ3) is 3.19. The van der Waals surface area contributed by atoms with Crippen molar-refractivity contribution in [2.45, 2.75) is 30.5 Å². The summed E-state index contributed by atoms with van der Waals surface area (Å²) in [5.41, 5.74) is 2.01. The summed E-state index contributed by atoms with van der Waals surface area (Å²) >= 11 is 5.80. The van der Waals surface area contributed by atoms with Gasteiger partial charge in [-0.05, 0) is 30.9 Å². The molecule has 29 heavy (non-hydrogen) atoms. The number of benzene rings is 1. The Bertz CT molecular complexity index is 1380. The summed E-state index contributed by atoms with van der Waals surface area (Å²) in [7, 11) is -3.62. The Morgan fingerprint density at radius 3 is 2.83 bits per heavy atom. The predicted octanol–water partition coefficient (Wildman–Crippen LogP) is 2.69. The highest BCUT2D eigenvalue weighted by molar-refractivity contribution is 7.90. The fourth-order valence-corrected chi connectivity index (χ4v) is 3.81. The predicted molar refractivity (Wildman–Crippen MR) is 104 cm³/mol. The van der Waals surface area contributed by atoms with Crippen molar-refractivity contribution in [2.75, 3.05) is 11.6 Å². The van der Waals surface area contributed by atoms with Gasteiger partial charge in [-0.3, -0.25) is 0 Å². The zero-order valence-corrected chi connectivity index (χ0v) is 16.7. The molecule has 0 amide bonds. The lowest BCUT2D eigenvalue weighted by Crippen LogP contribution is -2.14. The lowest BCUT2D eigenvalue weighted by molar-refractivity contribution is 0.592. The highest BCUT2D eigenvalue weighted by Crippen LogP contribution is 2.41. The summed E-state index contributed by atoms with van der Waals surface area (Å²) in [5.74, 6) is 0.382. The van der Waals surface area contributed by atoms with Crippen LogP contribution in [0.25, 0.3) is 16.7 Å². The second kappa shape index (κ2) is 6.36. The fraction of sp³-hybridized carbons (Fsp3) is 0.294. The Labute approximate surface area is 169 Å². The minimum atomic E-state index is -3.62. The van der Waals surface area contributed by atoms with Crippen LogP contribution in [0.4, 0.5) is 10.3 Å². The number of aromatic nitrogens is 6. The number of H-pyrrole nitrogens is 1. The number of rotatable bonds is 5. The molecule has 4 aromatic rings. The van der Waals surface area contributed by atoms with Crippen LogP contribution < -0.4 is 5.32 Å². The minimum Gasteiger partial charge on any atom is -0.347 e. The van der Waals surface area contributed by atoms with E-state index in [1.807, 2.05) is 0 Å². The number of nitrogens with zero attached hydrogens (tertiary/aromatic N) is 5. The van der Waals surface area contributed by atoms with Crippen molar-refractivity contribution < 1.29 is 12.8 Å². The van der Waals surface area contributed by atoms with E-state index >= 15 is 0 Å². The van der Waals surface area contributed by atoms with Gasteiger partial charge in [0, 0.05) is 11.8 Å². The second-order valence-electron chi connectivity index (χ2n) is 7.01. The molecule has 1 fully saturated rings. The smallest absolute Gasteiger partial charge is 0.252 e. The van der Waals surface area contributed by atoms with Gasteiger partial charge in [-0.2, -0.15) is 19.6 Å². The first kappa shape index (κ1) is 18.3. The topological polar surface area (TPSA) is 118 Å². The molecule has 1 aliphatic carbocycles. The van der Waals surface area contributed by atoms with Gasteiger partial charge in [0.15, 0.2) is 11.5 Å². The molecule has 3 heterocycles. The molecule has 1 aliphatic rings. The summed E-state index contributed by atoms with van der Waals surface area (Å²) < 4.78 is 39.7. The van der Waals surface area contributed by atoms with E-state index in [1.165, 1.54) is 10.6 Å². The average Bonchev–Trinajstić information content (AvgIpc) is 3.28. The highest BCUT2D eigenvalue weighted by atomic mass is 35.5. The van der Waals surface area contributed by atoms with Crippen LogP contribution in [0.3, 0.4) is 0 Å². The Kier molecular flexibility index (Phi) is 4.00.